The van der Waals surface area contributed by atoms with Gasteiger partial charge in [0.1, 0.15) is 5.60 Å². The summed E-state index contributed by atoms with van der Waals surface area (Å²) in [6, 6.07) is 0. The number of likely N-dealkylation sites (N-methyl/N-ethyl adjacent to an activating group) is 1. The van der Waals surface area contributed by atoms with Gasteiger partial charge in [0, 0.05) is 31.7 Å². The average Bonchev–Trinajstić information content (AvgIpc) is 1.98. The van der Waals surface area contributed by atoms with Crippen LogP contribution in [0, 0.1) is 0 Å². The summed E-state index contributed by atoms with van der Waals surface area (Å²) in [5.41, 5.74) is 0.449. The minimum atomic E-state index is 0.153. The molecule has 82 valence electrons. The molecule has 0 saturated carbocycles. The number of hydrogen-bond donors (Lipinski definition) is 0. The van der Waals surface area contributed by atoms with E-state index < -0.39 is 0 Å². The van der Waals surface area contributed by atoms with Crippen LogP contribution in [-0.2, 0) is 4.74 Å². The summed E-state index contributed by atoms with van der Waals surface area (Å²) >= 11 is 0. The topological polar surface area (TPSA) is 15.7 Å². The van der Waals surface area contributed by atoms with E-state index in [2.05, 4.69) is 37.6 Å². The highest BCUT2D eigenvalue weighted by Crippen LogP contribution is 2.33. The summed E-state index contributed by atoms with van der Waals surface area (Å²) in [7, 11) is 2.18. The first-order valence-corrected chi connectivity index (χ1v) is 5.49. The summed E-state index contributed by atoms with van der Waals surface area (Å²) in [4.78, 5) is 4.87. The van der Waals surface area contributed by atoms with Gasteiger partial charge >= 0.3 is 0 Å². The predicted octanol–water partition coefficient (Wildman–Crippen LogP) is 0.801. The molecule has 2 rings (SSSR count). The summed E-state index contributed by atoms with van der Waals surface area (Å²) in [6.45, 7) is 12.1. The molecule has 0 radical (unpaired) electrons. The molecule has 2 aliphatic heterocycles. The molecular weight excluding hydrogens is 176 g/mol. The first-order chi connectivity index (χ1) is 6.41. The monoisotopic (exact) mass is 198 g/mol. The van der Waals surface area contributed by atoms with Crippen molar-refractivity contribution in [1.29, 1.82) is 0 Å². The molecule has 14 heavy (non-hydrogen) atoms. The minimum Gasteiger partial charge on any atom is -0.370 e. The van der Waals surface area contributed by atoms with Crippen LogP contribution >= 0.6 is 0 Å². The second-order valence-electron chi connectivity index (χ2n) is 5.80. The number of morpholine rings is 1. The Hall–Kier alpha value is -0.120. The van der Waals surface area contributed by atoms with Gasteiger partial charge in [-0.1, -0.05) is 0 Å². The quantitative estimate of drug-likeness (QED) is 0.572. The van der Waals surface area contributed by atoms with E-state index in [9.17, 15) is 0 Å². The van der Waals surface area contributed by atoms with Crippen LogP contribution in [0.4, 0.5) is 0 Å². The van der Waals surface area contributed by atoms with Crippen molar-refractivity contribution in [3.05, 3.63) is 0 Å². The van der Waals surface area contributed by atoms with Crippen LogP contribution in [0.5, 0.6) is 0 Å². The molecule has 2 fully saturated rings. The lowest BCUT2D eigenvalue weighted by Crippen LogP contribution is -2.73. The molecule has 2 saturated heterocycles. The molecule has 0 aromatic rings. The Morgan fingerprint density at radius 2 is 1.79 bits per heavy atom. The number of nitrogens with zero attached hydrogens (tertiary/aromatic N) is 2. The maximum absolute atomic E-state index is 5.91. The SMILES string of the molecule is CN1CCOC2(C1)CN(C(C)(C)C)C2. The number of likely N-dealkylation sites (tertiary alicyclic amines) is 1. The zero-order chi connectivity index (χ0) is 10.4. The Balaban J connectivity index is 1.91. The van der Waals surface area contributed by atoms with Crippen LogP contribution in [0.15, 0.2) is 0 Å². The zero-order valence-electron chi connectivity index (χ0n) is 9.84. The van der Waals surface area contributed by atoms with E-state index in [1.165, 1.54) is 0 Å². The van der Waals surface area contributed by atoms with Crippen molar-refractivity contribution in [2.24, 2.45) is 0 Å². The minimum absolute atomic E-state index is 0.153. The van der Waals surface area contributed by atoms with E-state index in [-0.39, 0.29) is 5.60 Å². The van der Waals surface area contributed by atoms with Crippen molar-refractivity contribution >= 4 is 0 Å². The molecule has 2 heterocycles. The van der Waals surface area contributed by atoms with Gasteiger partial charge in [0.25, 0.3) is 0 Å². The molecule has 1 spiro atoms. The third-order valence-corrected chi connectivity index (χ3v) is 3.35. The maximum atomic E-state index is 5.91. The molecular formula is C11H22N2O. The fourth-order valence-corrected chi connectivity index (χ4v) is 2.35. The molecule has 0 unspecified atom stereocenters. The third-order valence-electron chi connectivity index (χ3n) is 3.35. The smallest absolute Gasteiger partial charge is 0.106 e. The lowest BCUT2D eigenvalue weighted by atomic mass is 9.87. The predicted molar refractivity (Wildman–Crippen MR) is 57.5 cm³/mol. The normalized spacial score (nSPS) is 29.1. The van der Waals surface area contributed by atoms with Crippen LogP contribution in [0.3, 0.4) is 0 Å². The molecule has 0 amide bonds. The third kappa shape index (κ3) is 1.81. The van der Waals surface area contributed by atoms with Crippen LogP contribution < -0.4 is 0 Å². The van der Waals surface area contributed by atoms with Crippen molar-refractivity contribution in [2.75, 3.05) is 39.8 Å². The van der Waals surface area contributed by atoms with Crippen molar-refractivity contribution in [1.82, 2.24) is 9.80 Å². The molecule has 3 nitrogen and oxygen atoms in total. The molecule has 0 bridgehead atoms. The van der Waals surface area contributed by atoms with Crippen LogP contribution in [0.1, 0.15) is 20.8 Å². The summed E-state index contributed by atoms with van der Waals surface area (Å²) < 4.78 is 5.91. The molecule has 0 aliphatic carbocycles. The number of hydrogen-bond acceptors (Lipinski definition) is 3. The standard InChI is InChI=1S/C11H22N2O/c1-10(2,3)13-8-11(9-13)7-12(4)5-6-14-11/h5-9H2,1-4H3. The summed E-state index contributed by atoms with van der Waals surface area (Å²) in [5.74, 6) is 0. The van der Waals surface area contributed by atoms with E-state index in [4.69, 9.17) is 4.74 Å². The van der Waals surface area contributed by atoms with Gasteiger partial charge in [0.05, 0.1) is 6.61 Å². The Morgan fingerprint density at radius 1 is 1.14 bits per heavy atom. The fraction of sp³-hybridized carbons (Fsp3) is 1.00. The lowest BCUT2D eigenvalue weighted by molar-refractivity contribution is -0.199. The Bertz CT molecular complexity index is 216. The van der Waals surface area contributed by atoms with Gasteiger partial charge in [-0.15, -0.1) is 0 Å². The van der Waals surface area contributed by atoms with Crippen molar-refractivity contribution in [2.45, 2.75) is 31.9 Å². The van der Waals surface area contributed by atoms with Gasteiger partial charge in [-0.05, 0) is 27.8 Å². The highest BCUT2D eigenvalue weighted by molar-refractivity contribution is 5.04. The second-order valence-corrected chi connectivity index (χ2v) is 5.80. The van der Waals surface area contributed by atoms with Crippen LogP contribution in [-0.4, -0.2) is 60.8 Å². The highest BCUT2D eigenvalue weighted by Gasteiger charge is 2.49. The number of ether oxygens (including phenoxy) is 1. The van der Waals surface area contributed by atoms with Crippen LogP contribution in [0.2, 0.25) is 0 Å². The van der Waals surface area contributed by atoms with Crippen molar-refractivity contribution in [3.63, 3.8) is 0 Å². The highest BCUT2D eigenvalue weighted by atomic mass is 16.5. The Kier molecular flexibility index (Phi) is 2.37. The van der Waals surface area contributed by atoms with E-state index in [1.54, 1.807) is 0 Å². The van der Waals surface area contributed by atoms with Gasteiger partial charge in [-0.25, -0.2) is 0 Å². The van der Waals surface area contributed by atoms with E-state index in [0.29, 0.717) is 5.54 Å². The van der Waals surface area contributed by atoms with E-state index in [1.807, 2.05) is 0 Å². The Labute approximate surface area is 87.0 Å². The molecule has 2 aliphatic rings. The number of rotatable bonds is 0. The lowest BCUT2D eigenvalue weighted by Gasteiger charge is -2.57. The second kappa shape index (κ2) is 3.19. The van der Waals surface area contributed by atoms with Gasteiger partial charge < -0.3 is 9.64 Å². The van der Waals surface area contributed by atoms with Gasteiger partial charge in [0.15, 0.2) is 0 Å². The first-order valence-electron chi connectivity index (χ1n) is 5.49. The van der Waals surface area contributed by atoms with Gasteiger partial charge in [-0.3, -0.25) is 4.90 Å². The largest absolute Gasteiger partial charge is 0.370 e. The van der Waals surface area contributed by atoms with Crippen molar-refractivity contribution < 1.29 is 4.74 Å². The average molecular weight is 198 g/mol. The first kappa shape index (κ1) is 10.4. The fourth-order valence-electron chi connectivity index (χ4n) is 2.35. The Morgan fingerprint density at radius 3 is 2.29 bits per heavy atom. The molecule has 0 aromatic carbocycles. The molecule has 0 aromatic heterocycles. The van der Waals surface area contributed by atoms with Crippen molar-refractivity contribution in [3.8, 4) is 0 Å². The molecule has 3 heteroatoms. The van der Waals surface area contributed by atoms with Crippen LogP contribution in [0.25, 0.3) is 0 Å². The van der Waals surface area contributed by atoms with Gasteiger partial charge in [0.2, 0.25) is 0 Å². The summed E-state index contributed by atoms with van der Waals surface area (Å²) in [6.07, 6.45) is 0. The van der Waals surface area contributed by atoms with E-state index in [0.717, 1.165) is 32.8 Å². The van der Waals surface area contributed by atoms with E-state index >= 15 is 0 Å². The summed E-state index contributed by atoms with van der Waals surface area (Å²) in [5, 5.41) is 0. The van der Waals surface area contributed by atoms with Gasteiger partial charge in [-0.2, -0.15) is 0 Å². The molecule has 0 N–H and O–H groups in total. The maximum Gasteiger partial charge on any atom is 0.106 e. The molecule has 0 atom stereocenters. The zero-order valence-corrected chi connectivity index (χ0v) is 9.84.